The average Bonchev–Trinajstić information content (AvgIpc) is 2.45. The molecule has 4 nitrogen and oxygen atoms in total. The normalized spacial score (nSPS) is 10.8. The molecule has 0 fully saturated rings. The number of nitrogens with two attached hydrogens (primary N) is 1. The van der Waals surface area contributed by atoms with E-state index in [0.29, 0.717) is 5.95 Å². The fraction of sp³-hybridized carbons (Fsp3) is 0.429. The van der Waals surface area contributed by atoms with Gasteiger partial charge in [-0.25, -0.2) is 0 Å². The molecule has 0 atom stereocenters. The number of nitrogens with zero attached hydrogens (tertiary/aromatic N) is 2. The van der Waals surface area contributed by atoms with Gasteiger partial charge in [-0.3, -0.25) is 0 Å². The molecule has 0 aliphatic rings. The van der Waals surface area contributed by atoms with Gasteiger partial charge in [0.1, 0.15) is 0 Å². The summed E-state index contributed by atoms with van der Waals surface area (Å²) in [5, 5.41) is 3.85. The van der Waals surface area contributed by atoms with Gasteiger partial charge in [0.15, 0.2) is 0 Å². The van der Waals surface area contributed by atoms with E-state index in [4.69, 9.17) is 5.73 Å². The van der Waals surface area contributed by atoms with Crippen LogP contribution in [0.1, 0.15) is 13.3 Å². The van der Waals surface area contributed by atoms with Crippen molar-refractivity contribution in [1.82, 2.24) is 9.36 Å². The van der Waals surface area contributed by atoms with Gasteiger partial charge in [-0.1, -0.05) is 19.1 Å². The molecule has 0 spiro atoms. The Kier molecular flexibility index (Phi) is 3.53. The molecule has 12 heavy (non-hydrogen) atoms. The molecule has 1 rings (SSSR count). The van der Waals surface area contributed by atoms with E-state index in [-0.39, 0.29) is 0 Å². The highest BCUT2D eigenvalue weighted by Gasteiger charge is 1.96. The molecule has 0 saturated carbocycles. The van der Waals surface area contributed by atoms with Crippen LogP contribution < -0.4 is 11.1 Å². The fourth-order valence-corrected chi connectivity index (χ4v) is 1.21. The Morgan fingerprint density at radius 1 is 1.58 bits per heavy atom. The largest absolute Gasteiger partial charge is 0.367 e. The topological polar surface area (TPSA) is 63.8 Å². The molecule has 0 bridgehead atoms. The van der Waals surface area contributed by atoms with Crippen LogP contribution in [0.5, 0.6) is 0 Å². The van der Waals surface area contributed by atoms with Crippen LogP contribution in [0.25, 0.3) is 0 Å². The van der Waals surface area contributed by atoms with Gasteiger partial charge in [-0.2, -0.15) is 9.36 Å². The van der Waals surface area contributed by atoms with Gasteiger partial charge in [-0.15, -0.1) is 0 Å². The molecule has 0 radical (unpaired) electrons. The predicted octanol–water partition coefficient (Wildman–Crippen LogP) is 1.50. The lowest BCUT2D eigenvalue weighted by Gasteiger charge is -1.93. The Hall–Kier alpha value is -1.10. The molecule has 0 aliphatic heterocycles. The van der Waals surface area contributed by atoms with E-state index in [1.165, 1.54) is 11.5 Å². The zero-order valence-electron chi connectivity index (χ0n) is 6.95. The van der Waals surface area contributed by atoms with Crippen LogP contribution in [-0.4, -0.2) is 15.9 Å². The molecule has 5 heteroatoms. The number of allylic oxidation sites excluding steroid dienone is 1. The van der Waals surface area contributed by atoms with Gasteiger partial charge < -0.3 is 11.1 Å². The van der Waals surface area contributed by atoms with Gasteiger partial charge in [0.25, 0.3) is 0 Å². The van der Waals surface area contributed by atoms with E-state index >= 15 is 0 Å². The third-order valence-corrected chi connectivity index (χ3v) is 1.90. The van der Waals surface area contributed by atoms with E-state index in [1.54, 1.807) is 0 Å². The summed E-state index contributed by atoms with van der Waals surface area (Å²) < 4.78 is 3.84. The van der Waals surface area contributed by atoms with E-state index in [9.17, 15) is 0 Å². The predicted molar refractivity (Wildman–Crippen MR) is 52.2 cm³/mol. The van der Waals surface area contributed by atoms with Crippen molar-refractivity contribution < 1.29 is 0 Å². The van der Waals surface area contributed by atoms with Crippen molar-refractivity contribution in [2.45, 2.75) is 13.3 Å². The van der Waals surface area contributed by atoms with Crippen molar-refractivity contribution in [3.8, 4) is 0 Å². The van der Waals surface area contributed by atoms with Crippen LogP contribution in [0.15, 0.2) is 12.2 Å². The minimum Gasteiger partial charge on any atom is -0.367 e. The van der Waals surface area contributed by atoms with Crippen LogP contribution in [0.4, 0.5) is 11.1 Å². The van der Waals surface area contributed by atoms with Crippen LogP contribution >= 0.6 is 11.5 Å². The molecule has 0 unspecified atom stereocenters. The first-order valence-corrected chi connectivity index (χ1v) is 4.58. The number of anilines is 2. The lowest BCUT2D eigenvalue weighted by atomic mass is 10.4. The van der Waals surface area contributed by atoms with Gasteiger partial charge >= 0.3 is 0 Å². The van der Waals surface area contributed by atoms with Gasteiger partial charge in [0.2, 0.25) is 11.1 Å². The maximum absolute atomic E-state index is 5.34. The maximum atomic E-state index is 5.34. The van der Waals surface area contributed by atoms with Gasteiger partial charge in [-0.05, 0) is 6.42 Å². The first kappa shape index (κ1) is 8.99. The van der Waals surface area contributed by atoms with Gasteiger partial charge in [0, 0.05) is 18.1 Å². The molecule has 3 N–H and O–H groups in total. The molecule has 66 valence electrons. The number of nitrogens with one attached hydrogen (secondary N) is 1. The van der Waals surface area contributed by atoms with Crippen molar-refractivity contribution in [2.24, 2.45) is 0 Å². The summed E-state index contributed by atoms with van der Waals surface area (Å²) in [5.41, 5.74) is 5.34. The highest BCUT2D eigenvalue weighted by atomic mass is 32.1. The second-order valence-corrected chi connectivity index (χ2v) is 2.97. The smallest absolute Gasteiger partial charge is 0.233 e. The van der Waals surface area contributed by atoms with Gasteiger partial charge in [0.05, 0.1) is 0 Å². The van der Waals surface area contributed by atoms with Crippen molar-refractivity contribution in [3.05, 3.63) is 12.2 Å². The molecular formula is C7H12N4S. The lowest BCUT2D eigenvalue weighted by Crippen LogP contribution is -1.97. The van der Waals surface area contributed by atoms with E-state index in [2.05, 4.69) is 33.8 Å². The van der Waals surface area contributed by atoms with E-state index in [1.807, 2.05) is 0 Å². The molecule has 0 saturated heterocycles. The summed E-state index contributed by atoms with van der Waals surface area (Å²) in [5.74, 6) is 0.335. The highest BCUT2D eigenvalue weighted by molar-refractivity contribution is 7.09. The van der Waals surface area contributed by atoms with Crippen LogP contribution in [-0.2, 0) is 0 Å². The maximum Gasteiger partial charge on any atom is 0.233 e. The lowest BCUT2D eigenvalue weighted by molar-refractivity contribution is 1.19. The molecule has 0 aromatic carbocycles. The fourth-order valence-electron chi connectivity index (χ4n) is 0.703. The second-order valence-electron chi connectivity index (χ2n) is 2.22. The minimum absolute atomic E-state index is 0.335. The Morgan fingerprint density at radius 3 is 3.00 bits per heavy atom. The summed E-state index contributed by atoms with van der Waals surface area (Å²) in [7, 11) is 0. The van der Waals surface area contributed by atoms with Crippen molar-refractivity contribution in [1.29, 1.82) is 0 Å². The Morgan fingerprint density at radius 2 is 2.42 bits per heavy atom. The average molecular weight is 184 g/mol. The second kappa shape index (κ2) is 4.71. The molecule has 1 aromatic rings. The summed E-state index contributed by atoms with van der Waals surface area (Å²) in [6.45, 7) is 2.88. The quantitative estimate of drug-likeness (QED) is 0.696. The number of nitrogen functional groups attached to an aromatic ring is 1. The number of rotatable bonds is 4. The monoisotopic (exact) mass is 184 g/mol. The Labute approximate surface area is 75.7 Å². The number of hydrogen-bond donors (Lipinski definition) is 2. The Bertz CT molecular complexity index is 256. The Balaban J connectivity index is 2.28. The van der Waals surface area contributed by atoms with Crippen LogP contribution in [0.3, 0.4) is 0 Å². The van der Waals surface area contributed by atoms with Crippen LogP contribution in [0.2, 0.25) is 0 Å². The summed E-state index contributed by atoms with van der Waals surface area (Å²) in [4.78, 5) is 3.95. The molecular weight excluding hydrogens is 172 g/mol. The van der Waals surface area contributed by atoms with Crippen molar-refractivity contribution in [3.63, 3.8) is 0 Å². The first-order chi connectivity index (χ1) is 5.83. The SMILES string of the molecule is CC/C=C/CNc1nc(N)ns1. The summed E-state index contributed by atoms with van der Waals surface area (Å²) >= 11 is 1.28. The third-order valence-electron chi connectivity index (χ3n) is 1.22. The molecule has 1 aromatic heterocycles. The molecule has 0 aliphatic carbocycles. The van der Waals surface area contributed by atoms with Crippen molar-refractivity contribution >= 4 is 22.6 Å². The minimum atomic E-state index is 0.335. The summed E-state index contributed by atoms with van der Waals surface area (Å²) in [6.07, 6.45) is 5.20. The standard InChI is InChI=1S/C7H12N4S/c1-2-3-4-5-9-7-10-6(8)11-12-7/h3-4H,2,5H2,1H3,(H3,8,9,10,11)/b4-3+. The molecule has 1 heterocycles. The van der Waals surface area contributed by atoms with Crippen molar-refractivity contribution in [2.75, 3.05) is 17.6 Å². The zero-order chi connectivity index (χ0) is 8.81. The first-order valence-electron chi connectivity index (χ1n) is 3.81. The van der Waals surface area contributed by atoms with E-state index in [0.717, 1.165) is 18.1 Å². The number of aromatic nitrogens is 2. The highest BCUT2D eigenvalue weighted by Crippen LogP contribution is 2.10. The third kappa shape index (κ3) is 2.87. The van der Waals surface area contributed by atoms with Crippen LogP contribution in [0, 0.1) is 0 Å². The zero-order valence-corrected chi connectivity index (χ0v) is 7.77. The van der Waals surface area contributed by atoms with E-state index < -0.39 is 0 Å². The summed E-state index contributed by atoms with van der Waals surface area (Å²) in [6, 6.07) is 0. The molecule has 0 amide bonds. The number of hydrogen-bond acceptors (Lipinski definition) is 5.